The van der Waals surface area contributed by atoms with E-state index in [4.69, 9.17) is 0 Å². The zero-order chi connectivity index (χ0) is 15.1. The Balaban J connectivity index is 2.04. The van der Waals surface area contributed by atoms with Gasteiger partial charge in [-0.25, -0.2) is 0 Å². The number of hydrogen-bond donors (Lipinski definition) is 1. The van der Waals surface area contributed by atoms with Gasteiger partial charge >= 0.3 is 6.61 Å². The molecule has 0 fully saturated rings. The molecule has 2 aromatic rings. The lowest BCUT2D eigenvalue weighted by atomic mass is 10.2. The van der Waals surface area contributed by atoms with E-state index in [0.29, 0.717) is 0 Å². The second-order valence-corrected chi connectivity index (χ2v) is 4.11. The number of benzene rings is 2. The average Bonchev–Trinajstić information content (AvgIpc) is 2.48. The first-order valence-electron chi connectivity index (χ1n) is 6.23. The molecule has 21 heavy (non-hydrogen) atoms. The SMILES string of the molecule is O=C(C=Cc1ccccc1)Nc1ccccc1OC(F)F. The Bertz CT molecular complexity index is 627. The molecular weight excluding hydrogens is 276 g/mol. The largest absolute Gasteiger partial charge is 0.433 e. The zero-order valence-corrected chi connectivity index (χ0v) is 11.0. The summed E-state index contributed by atoms with van der Waals surface area (Å²) in [5, 5.41) is 2.50. The number of carbonyl (C=O) groups excluding carboxylic acids is 1. The van der Waals surface area contributed by atoms with Crippen molar-refractivity contribution in [2.75, 3.05) is 5.32 Å². The molecule has 0 unspecified atom stereocenters. The second-order valence-electron chi connectivity index (χ2n) is 4.11. The van der Waals surface area contributed by atoms with E-state index in [1.807, 2.05) is 30.3 Å². The Kier molecular flexibility index (Phi) is 5.04. The summed E-state index contributed by atoms with van der Waals surface area (Å²) < 4.78 is 28.9. The van der Waals surface area contributed by atoms with Crippen LogP contribution >= 0.6 is 0 Å². The lowest BCUT2D eigenvalue weighted by Gasteiger charge is -2.10. The van der Waals surface area contributed by atoms with Crippen LogP contribution in [0.5, 0.6) is 5.75 Å². The summed E-state index contributed by atoms with van der Waals surface area (Å²) in [6, 6.07) is 15.3. The maximum Gasteiger partial charge on any atom is 0.387 e. The van der Waals surface area contributed by atoms with Gasteiger partial charge in [0, 0.05) is 6.08 Å². The van der Waals surface area contributed by atoms with Crippen LogP contribution in [-0.4, -0.2) is 12.5 Å². The van der Waals surface area contributed by atoms with Crippen molar-refractivity contribution in [1.82, 2.24) is 0 Å². The van der Waals surface area contributed by atoms with E-state index in [-0.39, 0.29) is 11.4 Å². The highest BCUT2D eigenvalue weighted by molar-refractivity contribution is 6.02. The number of carbonyl (C=O) groups is 1. The molecule has 0 aliphatic carbocycles. The molecule has 0 saturated heterocycles. The standard InChI is InChI=1S/C16H13F2NO2/c17-16(18)21-14-9-5-4-8-13(14)19-15(20)11-10-12-6-2-1-3-7-12/h1-11,16H,(H,19,20). The molecule has 0 aliphatic heterocycles. The molecule has 0 aromatic heterocycles. The molecular formula is C16H13F2NO2. The number of alkyl halides is 2. The Hall–Kier alpha value is -2.69. The van der Waals surface area contributed by atoms with E-state index in [1.54, 1.807) is 18.2 Å². The van der Waals surface area contributed by atoms with Gasteiger partial charge < -0.3 is 10.1 Å². The van der Waals surface area contributed by atoms with Crippen molar-refractivity contribution >= 4 is 17.7 Å². The summed E-state index contributed by atoms with van der Waals surface area (Å²) in [5.74, 6) is -0.502. The average molecular weight is 289 g/mol. The fourth-order valence-electron chi connectivity index (χ4n) is 1.68. The van der Waals surface area contributed by atoms with E-state index in [2.05, 4.69) is 10.1 Å². The number of ether oxygens (including phenoxy) is 1. The monoisotopic (exact) mass is 289 g/mol. The van der Waals surface area contributed by atoms with Crippen LogP contribution in [0.4, 0.5) is 14.5 Å². The number of para-hydroxylation sites is 2. The quantitative estimate of drug-likeness (QED) is 0.847. The van der Waals surface area contributed by atoms with Gasteiger partial charge in [0.2, 0.25) is 5.91 Å². The molecule has 0 radical (unpaired) electrons. The molecule has 1 N–H and O–H groups in total. The lowest BCUT2D eigenvalue weighted by molar-refractivity contribution is -0.111. The van der Waals surface area contributed by atoms with Gasteiger partial charge in [0.25, 0.3) is 0 Å². The smallest absolute Gasteiger partial charge is 0.387 e. The van der Waals surface area contributed by atoms with E-state index < -0.39 is 12.5 Å². The van der Waals surface area contributed by atoms with Crippen LogP contribution in [0.3, 0.4) is 0 Å². The Labute approximate surface area is 120 Å². The lowest BCUT2D eigenvalue weighted by Crippen LogP contribution is -2.11. The van der Waals surface area contributed by atoms with Crippen LogP contribution in [0.2, 0.25) is 0 Å². The molecule has 0 saturated carbocycles. The number of amides is 1. The van der Waals surface area contributed by atoms with Gasteiger partial charge in [0.15, 0.2) is 0 Å². The minimum Gasteiger partial charge on any atom is -0.433 e. The summed E-state index contributed by atoms with van der Waals surface area (Å²) in [6.07, 6.45) is 2.96. The maximum atomic E-state index is 12.3. The summed E-state index contributed by atoms with van der Waals surface area (Å²) in [7, 11) is 0. The molecule has 5 heteroatoms. The van der Waals surface area contributed by atoms with Crippen LogP contribution in [-0.2, 0) is 4.79 Å². The highest BCUT2D eigenvalue weighted by Crippen LogP contribution is 2.25. The van der Waals surface area contributed by atoms with Gasteiger partial charge in [-0.3, -0.25) is 4.79 Å². The predicted molar refractivity (Wildman–Crippen MR) is 77.2 cm³/mol. The van der Waals surface area contributed by atoms with E-state index in [0.717, 1.165) is 5.56 Å². The predicted octanol–water partition coefficient (Wildman–Crippen LogP) is 3.94. The van der Waals surface area contributed by atoms with E-state index in [1.165, 1.54) is 18.2 Å². The number of anilines is 1. The molecule has 1 amide bonds. The highest BCUT2D eigenvalue weighted by Gasteiger charge is 2.10. The third kappa shape index (κ3) is 4.72. The van der Waals surface area contributed by atoms with Crippen molar-refractivity contribution in [3.63, 3.8) is 0 Å². The van der Waals surface area contributed by atoms with Gasteiger partial charge in [-0.2, -0.15) is 8.78 Å². The van der Waals surface area contributed by atoms with E-state index >= 15 is 0 Å². The normalized spacial score (nSPS) is 10.8. The minimum absolute atomic E-state index is 0.0750. The fourth-order valence-corrected chi connectivity index (χ4v) is 1.68. The first-order valence-corrected chi connectivity index (χ1v) is 6.23. The third-order valence-electron chi connectivity index (χ3n) is 2.59. The van der Waals surface area contributed by atoms with E-state index in [9.17, 15) is 13.6 Å². The Morgan fingerprint density at radius 1 is 1.05 bits per heavy atom. The van der Waals surface area contributed by atoms with Crippen LogP contribution in [0, 0.1) is 0 Å². The summed E-state index contributed by atoms with van der Waals surface area (Å²) >= 11 is 0. The van der Waals surface area contributed by atoms with Gasteiger partial charge in [-0.1, -0.05) is 42.5 Å². The van der Waals surface area contributed by atoms with Crippen molar-refractivity contribution < 1.29 is 18.3 Å². The van der Waals surface area contributed by atoms with Crippen LogP contribution in [0.1, 0.15) is 5.56 Å². The van der Waals surface area contributed by atoms with Crippen LogP contribution in [0.25, 0.3) is 6.08 Å². The summed E-state index contributed by atoms with van der Waals surface area (Å²) in [6.45, 7) is -2.94. The third-order valence-corrected chi connectivity index (χ3v) is 2.59. The van der Waals surface area contributed by atoms with Crippen molar-refractivity contribution in [2.24, 2.45) is 0 Å². The first kappa shape index (κ1) is 14.7. The molecule has 0 bridgehead atoms. The highest BCUT2D eigenvalue weighted by atomic mass is 19.3. The van der Waals surface area contributed by atoms with Gasteiger partial charge in [0.1, 0.15) is 5.75 Å². The van der Waals surface area contributed by atoms with Crippen molar-refractivity contribution in [3.05, 3.63) is 66.2 Å². The zero-order valence-electron chi connectivity index (χ0n) is 11.0. The fraction of sp³-hybridized carbons (Fsp3) is 0.0625. The molecule has 0 heterocycles. The first-order chi connectivity index (χ1) is 10.1. The van der Waals surface area contributed by atoms with Crippen LogP contribution < -0.4 is 10.1 Å². The Morgan fingerprint density at radius 3 is 2.43 bits per heavy atom. The molecule has 2 rings (SSSR count). The van der Waals surface area contributed by atoms with Crippen molar-refractivity contribution in [3.8, 4) is 5.75 Å². The Morgan fingerprint density at radius 2 is 1.71 bits per heavy atom. The maximum absolute atomic E-state index is 12.3. The topological polar surface area (TPSA) is 38.3 Å². The van der Waals surface area contributed by atoms with Gasteiger partial charge in [-0.05, 0) is 23.8 Å². The van der Waals surface area contributed by atoms with Crippen molar-refractivity contribution in [1.29, 1.82) is 0 Å². The van der Waals surface area contributed by atoms with Crippen LogP contribution in [0.15, 0.2) is 60.7 Å². The molecule has 0 atom stereocenters. The number of rotatable bonds is 5. The summed E-state index contributed by atoms with van der Waals surface area (Å²) in [4.78, 5) is 11.8. The van der Waals surface area contributed by atoms with Crippen molar-refractivity contribution in [2.45, 2.75) is 6.61 Å². The minimum atomic E-state index is -2.94. The summed E-state index contributed by atoms with van der Waals surface area (Å²) in [5.41, 5.74) is 1.06. The molecule has 108 valence electrons. The van der Waals surface area contributed by atoms with Gasteiger partial charge in [-0.15, -0.1) is 0 Å². The van der Waals surface area contributed by atoms with Gasteiger partial charge in [0.05, 0.1) is 5.69 Å². The molecule has 0 aliphatic rings. The number of halogens is 2. The number of nitrogens with one attached hydrogen (secondary N) is 1. The molecule has 0 spiro atoms. The molecule has 3 nitrogen and oxygen atoms in total. The number of hydrogen-bond acceptors (Lipinski definition) is 2. The second kappa shape index (κ2) is 7.19. The molecule has 2 aromatic carbocycles.